The van der Waals surface area contributed by atoms with Crippen molar-refractivity contribution in [3.63, 3.8) is 0 Å². The highest BCUT2D eigenvalue weighted by atomic mass is 16.3. The Morgan fingerprint density at radius 2 is 2.35 bits per heavy atom. The first-order chi connectivity index (χ1) is 8.09. The average Bonchev–Trinajstić information content (AvgIpc) is 2.78. The Hall–Kier alpha value is -1.58. The van der Waals surface area contributed by atoms with Crippen LogP contribution in [0, 0.1) is 11.8 Å². The largest absolute Gasteiger partial charge is 0.505 e. The number of hydrogen-bond acceptors (Lipinski definition) is 3. The lowest BCUT2D eigenvalue weighted by atomic mass is 9.95. The molecule has 1 atom stereocenters. The molecule has 0 bridgehead atoms. The van der Waals surface area contributed by atoms with Crippen LogP contribution in [0.3, 0.4) is 0 Å². The number of amides is 1. The lowest BCUT2D eigenvalue weighted by Gasteiger charge is -2.18. The molecule has 1 N–H and O–H groups in total. The van der Waals surface area contributed by atoms with Crippen LogP contribution in [0.1, 0.15) is 30.6 Å². The van der Waals surface area contributed by atoms with E-state index in [1.807, 2.05) is 4.90 Å². The van der Waals surface area contributed by atoms with Gasteiger partial charge in [-0.05, 0) is 24.3 Å². The van der Waals surface area contributed by atoms with Crippen LogP contribution in [0.4, 0.5) is 0 Å². The van der Waals surface area contributed by atoms with Crippen LogP contribution < -0.4 is 0 Å². The number of likely N-dealkylation sites (tertiary alicyclic amines) is 1. The zero-order valence-corrected chi connectivity index (χ0v) is 10.3. The summed E-state index contributed by atoms with van der Waals surface area (Å²) in [5, 5.41) is 9.61. The third-order valence-electron chi connectivity index (χ3n) is 3.49. The molecule has 1 unspecified atom stereocenters. The first kappa shape index (κ1) is 11.9. The van der Waals surface area contributed by atoms with Crippen LogP contribution in [0.2, 0.25) is 0 Å². The fraction of sp³-hybridized carbons (Fsp3) is 0.538. The quantitative estimate of drug-likeness (QED) is 0.850. The van der Waals surface area contributed by atoms with Gasteiger partial charge < -0.3 is 10.0 Å². The maximum absolute atomic E-state index is 12.2. The Bertz CT molecular complexity index is 418. The Morgan fingerprint density at radius 1 is 1.59 bits per heavy atom. The van der Waals surface area contributed by atoms with Crippen molar-refractivity contribution in [2.24, 2.45) is 11.8 Å². The van der Waals surface area contributed by atoms with E-state index in [1.165, 1.54) is 12.4 Å². The molecule has 0 radical (unpaired) electrons. The molecule has 1 saturated heterocycles. The lowest BCUT2D eigenvalue weighted by Crippen LogP contribution is -2.29. The molecule has 0 aliphatic carbocycles. The first-order valence-corrected chi connectivity index (χ1v) is 6.02. The van der Waals surface area contributed by atoms with Crippen LogP contribution in [0.25, 0.3) is 0 Å². The summed E-state index contributed by atoms with van der Waals surface area (Å²) in [6, 6.07) is 1.57. The monoisotopic (exact) mass is 234 g/mol. The average molecular weight is 234 g/mol. The van der Waals surface area contributed by atoms with Gasteiger partial charge in [0.25, 0.3) is 5.91 Å². The molecule has 1 aromatic heterocycles. The van der Waals surface area contributed by atoms with Crippen molar-refractivity contribution < 1.29 is 9.90 Å². The Kier molecular flexibility index (Phi) is 3.31. The molecule has 92 valence electrons. The summed E-state index contributed by atoms with van der Waals surface area (Å²) in [5.41, 5.74) is 0.351. The maximum atomic E-state index is 12.2. The van der Waals surface area contributed by atoms with Gasteiger partial charge in [-0.1, -0.05) is 13.8 Å². The minimum Gasteiger partial charge on any atom is -0.505 e. The summed E-state index contributed by atoms with van der Waals surface area (Å²) in [6.07, 6.45) is 3.89. The highest BCUT2D eigenvalue weighted by Crippen LogP contribution is 2.26. The number of rotatable bonds is 2. The van der Waals surface area contributed by atoms with E-state index in [9.17, 15) is 9.90 Å². The minimum absolute atomic E-state index is 0.0366. The van der Waals surface area contributed by atoms with Gasteiger partial charge in [0.15, 0.2) is 0 Å². The van der Waals surface area contributed by atoms with Crippen molar-refractivity contribution in [1.29, 1.82) is 0 Å². The molecule has 4 nitrogen and oxygen atoms in total. The van der Waals surface area contributed by atoms with Crippen LogP contribution in [-0.4, -0.2) is 34.0 Å². The topological polar surface area (TPSA) is 53.4 Å². The minimum atomic E-state index is -0.0898. The van der Waals surface area contributed by atoms with E-state index >= 15 is 0 Å². The summed E-state index contributed by atoms with van der Waals surface area (Å²) >= 11 is 0. The second kappa shape index (κ2) is 4.73. The second-order valence-corrected chi connectivity index (χ2v) is 4.94. The zero-order chi connectivity index (χ0) is 12.4. The molecule has 1 fully saturated rings. The Labute approximate surface area is 101 Å². The van der Waals surface area contributed by atoms with Crippen LogP contribution in [-0.2, 0) is 0 Å². The van der Waals surface area contributed by atoms with Crippen LogP contribution in [0.15, 0.2) is 18.5 Å². The molecule has 0 spiro atoms. The second-order valence-electron chi connectivity index (χ2n) is 4.94. The zero-order valence-electron chi connectivity index (χ0n) is 10.3. The van der Waals surface area contributed by atoms with Gasteiger partial charge in [-0.2, -0.15) is 0 Å². The number of carbonyl (C=O) groups excluding carboxylic acids is 1. The lowest BCUT2D eigenvalue weighted by molar-refractivity contribution is 0.0781. The van der Waals surface area contributed by atoms with Crippen LogP contribution >= 0.6 is 0 Å². The van der Waals surface area contributed by atoms with Gasteiger partial charge >= 0.3 is 0 Å². The summed E-state index contributed by atoms with van der Waals surface area (Å²) in [5.74, 6) is 1.04. The third-order valence-corrected chi connectivity index (χ3v) is 3.49. The molecule has 4 heteroatoms. The predicted octanol–water partition coefficient (Wildman–Crippen LogP) is 1.91. The van der Waals surface area contributed by atoms with E-state index < -0.39 is 0 Å². The normalized spacial score (nSPS) is 19.9. The van der Waals surface area contributed by atoms with E-state index in [1.54, 1.807) is 6.07 Å². The van der Waals surface area contributed by atoms with E-state index in [2.05, 4.69) is 18.8 Å². The molecule has 1 aromatic rings. The summed E-state index contributed by atoms with van der Waals surface area (Å²) in [7, 11) is 0. The van der Waals surface area contributed by atoms with Gasteiger partial charge in [0.05, 0.1) is 11.8 Å². The Balaban J connectivity index is 2.10. The van der Waals surface area contributed by atoms with Gasteiger partial charge in [0, 0.05) is 19.3 Å². The van der Waals surface area contributed by atoms with Gasteiger partial charge in [-0.15, -0.1) is 0 Å². The van der Waals surface area contributed by atoms with Crippen molar-refractivity contribution >= 4 is 5.91 Å². The van der Waals surface area contributed by atoms with Crippen LogP contribution in [0.5, 0.6) is 5.75 Å². The molecule has 2 heterocycles. The van der Waals surface area contributed by atoms with E-state index in [4.69, 9.17) is 0 Å². The molecule has 0 aromatic carbocycles. The highest BCUT2D eigenvalue weighted by molar-refractivity contribution is 5.96. The predicted molar refractivity (Wildman–Crippen MR) is 64.8 cm³/mol. The number of nitrogens with zero attached hydrogens (tertiary/aromatic N) is 2. The molecule has 1 amide bonds. The number of aromatic nitrogens is 1. The van der Waals surface area contributed by atoms with Gasteiger partial charge in [-0.3, -0.25) is 9.78 Å². The highest BCUT2D eigenvalue weighted by Gasteiger charge is 2.29. The maximum Gasteiger partial charge on any atom is 0.257 e. The number of aromatic hydroxyl groups is 1. The van der Waals surface area contributed by atoms with Crippen molar-refractivity contribution in [2.45, 2.75) is 20.3 Å². The molecular weight excluding hydrogens is 216 g/mol. The molecule has 1 aliphatic rings. The summed E-state index contributed by atoms with van der Waals surface area (Å²) in [6.45, 7) is 5.94. The SMILES string of the molecule is CC(C)C1CCN(C(=O)c2ccncc2O)C1. The fourth-order valence-corrected chi connectivity index (χ4v) is 2.25. The molecule has 2 rings (SSSR count). The van der Waals surface area contributed by atoms with E-state index in [0.717, 1.165) is 19.5 Å². The molecule has 0 saturated carbocycles. The smallest absolute Gasteiger partial charge is 0.257 e. The van der Waals surface area contributed by atoms with Crippen molar-refractivity contribution in [3.8, 4) is 5.75 Å². The fourth-order valence-electron chi connectivity index (χ4n) is 2.25. The van der Waals surface area contributed by atoms with Gasteiger partial charge in [0.2, 0.25) is 0 Å². The first-order valence-electron chi connectivity index (χ1n) is 6.02. The van der Waals surface area contributed by atoms with E-state index in [-0.39, 0.29) is 11.7 Å². The Morgan fingerprint density at radius 3 is 2.94 bits per heavy atom. The number of hydrogen-bond donors (Lipinski definition) is 1. The van der Waals surface area contributed by atoms with Gasteiger partial charge in [0.1, 0.15) is 5.75 Å². The number of pyridine rings is 1. The molecule has 1 aliphatic heterocycles. The summed E-state index contributed by atoms with van der Waals surface area (Å²) < 4.78 is 0. The van der Waals surface area contributed by atoms with Gasteiger partial charge in [-0.25, -0.2) is 0 Å². The standard InChI is InChI=1S/C13H18N2O2/c1-9(2)10-4-6-15(8-10)13(17)11-3-5-14-7-12(11)16/h3,5,7,9-10,16H,4,6,8H2,1-2H3. The van der Waals surface area contributed by atoms with Crippen molar-refractivity contribution in [1.82, 2.24) is 9.88 Å². The third kappa shape index (κ3) is 2.40. The van der Waals surface area contributed by atoms with E-state index in [0.29, 0.717) is 17.4 Å². The van der Waals surface area contributed by atoms with Crippen molar-refractivity contribution in [2.75, 3.05) is 13.1 Å². The summed E-state index contributed by atoms with van der Waals surface area (Å²) in [4.78, 5) is 17.8. The molecule has 17 heavy (non-hydrogen) atoms. The van der Waals surface area contributed by atoms with Crippen molar-refractivity contribution in [3.05, 3.63) is 24.0 Å². The number of carbonyl (C=O) groups is 1. The molecular formula is C13H18N2O2.